The van der Waals surface area contributed by atoms with Crippen molar-refractivity contribution in [2.24, 2.45) is 4.99 Å². The minimum Gasteiger partial charge on any atom is -0.393 e. The van der Waals surface area contributed by atoms with E-state index in [9.17, 15) is 18.3 Å². The number of aliphatic hydroxyl groups excluding tert-OH is 1. The second kappa shape index (κ2) is 13.5. The van der Waals surface area contributed by atoms with Gasteiger partial charge < -0.3 is 15.7 Å². The van der Waals surface area contributed by atoms with Crippen LogP contribution in [0, 0.1) is 0 Å². The number of halogens is 4. The molecule has 1 unspecified atom stereocenters. The predicted molar refractivity (Wildman–Crippen MR) is 130 cm³/mol. The largest absolute Gasteiger partial charge is 0.416 e. The van der Waals surface area contributed by atoms with Crippen LogP contribution in [0.1, 0.15) is 63.6 Å². The lowest BCUT2D eigenvalue weighted by Gasteiger charge is -2.30. The predicted octanol–water partition coefficient (Wildman–Crippen LogP) is 4.56. The molecule has 0 saturated heterocycles. The van der Waals surface area contributed by atoms with E-state index in [1.54, 1.807) is 12.1 Å². The lowest BCUT2D eigenvalue weighted by atomic mass is 9.93. The highest BCUT2D eigenvalue weighted by molar-refractivity contribution is 14.0. The fourth-order valence-corrected chi connectivity index (χ4v) is 3.90. The van der Waals surface area contributed by atoms with Crippen molar-refractivity contribution in [1.82, 2.24) is 15.5 Å². The highest BCUT2D eigenvalue weighted by atomic mass is 127. The second-order valence-corrected chi connectivity index (χ2v) is 7.73. The number of aliphatic hydroxyl groups is 1. The number of hydrogen-bond acceptors (Lipinski definition) is 3. The van der Waals surface area contributed by atoms with E-state index in [0.717, 1.165) is 63.0 Å². The lowest BCUT2D eigenvalue weighted by Crippen LogP contribution is -2.45. The van der Waals surface area contributed by atoms with Crippen LogP contribution in [0.3, 0.4) is 0 Å². The van der Waals surface area contributed by atoms with Gasteiger partial charge in [0, 0.05) is 12.6 Å². The first-order valence-corrected chi connectivity index (χ1v) is 10.9. The first-order chi connectivity index (χ1) is 14.3. The maximum absolute atomic E-state index is 12.9. The molecule has 178 valence electrons. The van der Waals surface area contributed by atoms with Gasteiger partial charge in [-0.2, -0.15) is 13.2 Å². The van der Waals surface area contributed by atoms with Gasteiger partial charge in [-0.3, -0.25) is 9.89 Å². The van der Waals surface area contributed by atoms with Crippen LogP contribution in [0.4, 0.5) is 13.2 Å². The van der Waals surface area contributed by atoms with Crippen LogP contribution in [0.15, 0.2) is 29.3 Å². The van der Waals surface area contributed by atoms with Crippen LogP contribution in [-0.2, 0) is 6.18 Å². The number of hydrogen-bond donors (Lipinski definition) is 3. The summed E-state index contributed by atoms with van der Waals surface area (Å²) >= 11 is 0. The first-order valence-electron chi connectivity index (χ1n) is 10.9. The Hall–Kier alpha value is -1.07. The molecule has 0 radical (unpaired) electrons. The van der Waals surface area contributed by atoms with E-state index < -0.39 is 11.7 Å². The zero-order valence-corrected chi connectivity index (χ0v) is 20.9. The Bertz CT molecular complexity index is 658. The van der Waals surface area contributed by atoms with E-state index >= 15 is 0 Å². The fourth-order valence-electron chi connectivity index (χ4n) is 3.90. The molecule has 5 nitrogen and oxygen atoms in total. The fraction of sp³-hybridized carbons (Fsp3) is 0.682. The molecule has 0 aromatic heterocycles. The molecule has 31 heavy (non-hydrogen) atoms. The number of nitrogens with one attached hydrogen (secondary N) is 2. The van der Waals surface area contributed by atoms with E-state index in [1.165, 1.54) is 0 Å². The van der Waals surface area contributed by atoms with Gasteiger partial charge in [-0.15, -0.1) is 24.0 Å². The van der Waals surface area contributed by atoms with Crippen LogP contribution in [0.2, 0.25) is 0 Å². The highest BCUT2D eigenvalue weighted by Crippen LogP contribution is 2.31. The molecular weight excluding hydrogens is 520 g/mol. The third-order valence-corrected chi connectivity index (χ3v) is 5.68. The molecular formula is C22H36F3IN4O. The molecule has 2 rings (SSSR count). The molecule has 0 spiro atoms. The van der Waals surface area contributed by atoms with Crippen molar-refractivity contribution in [1.29, 1.82) is 0 Å². The molecule has 1 fully saturated rings. The van der Waals surface area contributed by atoms with E-state index in [4.69, 9.17) is 4.99 Å². The highest BCUT2D eigenvalue weighted by Gasteiger charge is 2.30. The molecule has 0 bridgehead atoms. The van der Waals surface area contributed by atoms with Crippen molar-refractivity contribution < 1.29 is 18.3 Å². The molecule has 9 heteroatoms. The van der Waals surface area contributed by atoms with Gasteiger partial charge in [-0.25, -0.2) is 0 Å². The summed E-state index contributed by atoms with van der Waals surface area (Å²) in [5.74, 6) is 0.711. The van der Waals surface area contributed by atoms with E-state index in [2.05, 4.69) is 15.5 Å². The first kappa shape index (κ1) is 28.0. The topological polar surface area (TPSA) is 59.9 Å². The number of benzene rings is 1. The van der Waals surface area contributed by atoms with Gasteiger partial charge in [-0.1, -0.05) is 26.0 Å². The average molecular weight is 556 g/mol. The Balaban J connectivity index is 0.00000480. The molecule has 1 aliphatic rings. The number of nitrogens with zero attached hydrogens (tertiary/aromatic N) is 2. The van der Waals surface area contributed by atoms with Gasteiger partial charge in [0.15, 0.2) is 5.96 Å². The quantitative estimate of drug-likeness (QED) is 0.250. The van der Waals surface area contributed by atoms with E-state index in [-0.39, 0.29) is 42.2 Å². The van der Waals surface area contributed by atoms with Gasteiger partial charge in [0.05, 0.1) is 24.3 Å². The molecule has 0 amide bonds. The van der Waals surface area contributed by atoms with Gasteiger partial charge in [-0.05, 0) is 63.4 Å². The number of alkyl halides is 3. The summed E-state index contributed by atoms with van der Waals surface area (Å²) in [6.45, 7) is 8.81. The molecule has 0 aliphatic heterocycles. The standard InChI is InChI=1S/C22H35F3N4O.HI/c1-4-26-21(28-18-11-13-19(30)14-12-18)27-15-20(29(5-2)6-3)16-7-9-17(10-8-16)22(23,24)25;/h7-10,18-20,30H,4-6,11-15H2,1-3H3,(H2,26,27,28);1H. The summed E-state index contributed by atoms with van der Waals surface area (Å²) in [5.41, 5.74) is 0.189. The zero-order chi connectivity index (χ0) is 22.1. The lowest BCUT2D eigenvalue weighted by molar-refractivity contribution is -0.137. The average Bonchev–Trinajstić information content (AvgIpc) is 2.72. The van der Waals surface area contributed by atoms with Crippen molar-refractivity contribution >= 4 is 29.9 Å². The molecule has 1 saturated carbocycles. The van der Waals surface area contributed by atoms with Crippen molar-refractivity contribution in [2.75, 3.05) is 26.2 Å². The molecule has 1 aromatic rings. The number of guanidine groups is 1. The number of likely N-dealkylation sites (N-methyl/N-ethyl adjacent to an activating group) is 1. The van der Waals surface area contributed by atoms with Crippen LogP contribution in [0.25, 0.3) is 0 Å². The Labute approximate surface area is 200 Å². The molecule has 1 aliphatic carbocycles. The Morgan fingerprint density at radius 3 is 2.16 bits per heavy atom. The van der Waals surface area contributed by atoms with Gasteiger partial charge >= 0.3 is 6.18 Å². The van der Waals surface area contributed by atoms with Gasteiger partial charge in [0.25, 0.3) is 0 Å². The van der Waals surface area contributed by atoms with E-state index in [0.29, 0.717) is 12.5 Å². The maximum atomic E-state index is 12.9. The minimum absolute atomic E-state index is 0. The number of aliphatic imine (C=N–C) groups is 1. The van der Waals surface area contributed by atoms with Gasteiger partial charge in [0.2, 0.25) is 0 Å². The summed E-state index contributed by atoms with van der Waals surface area (Å²) in [5, 5.41) is 16.4. The zero-order valence-electron chi connectivity index (χ0n) is 18.6. The Morgan fingerprint density at radius 1 is 1.10 bits per heavy atom. The normalized spacial score (nSPS) is 20.8. The minimum atomic E-state index is -4.34. The van der Waals surface area contributed by atoms with Crippen LogP contribution in [0.5, 0.6) is 0 Å². The summed E-state index contributed by atoms with van der Waals surface area (Å²) in [6.07, 6.45) is -1.20. The van der Waals surface area contributed by atoms with Crippen molar-refractivity contribution in [3.63, 3.8) is 0 Å². The molecule has 1 aromatic carbocycles. The summed E-state index contributed by atoms with van der Waals surface area (Å²) < 4.78 is 38.8. The SMILES string of the molecule is CCNC(=NCC(c1ccc(C(F)(F)F)cc1)N(CC)CC)NC1CCC(O)CC1.I. The molecule has 1 atom stereocenters. The second-order valence-electron chi connectivity index (χ2n) is 7.73. The Kier molecular flexibility index (Phi) is 12.2. The molecule has 3 N–H and O–H groups in total. The monoisotopic (exact) mass is 556 g/mol. The van der Waals surface area contributed by atoms with Crippen LogP contribution < -0.4 is 10.6 Å². The maximum Gasteiger partial charge on any atom is 0.416 e. The van der Waals surface area contributed by atoms with Crippen molar-refractivity contribution in [3.05, 3.63) is 35.4 Å². The summed E-state index contributed by atoms with van der Waals surface area (Å²) in [7, 11) is 0. The smallest absolute Gasteiger partial charge is 0.393 e. The van der Waals surface area contributed by atoms with Gasteiger partial charge in [0.1, 0.15) is 0 Å². The van der Waals surface area contributed by atoms with E-state index in [1.807, 2.05) is 20.8 Å². The number of rotatable bonds is 8. The summed E-state index contributed by atoms with van der Waals surface area (Å²) in [6, 6.07) is 5.57. The third kappa shape index (κ3) is 8.76. The van der Waals surface area contributed by atoms with Crippen molar-refractivity contribution in [2.45, 2.75) is 70.8 Å². The van der Waals surface area contributed by atoms with Crippen LogP contribution >= 0.6 is 24.0 Å². The summed E-state index contributed by atoms with van der Waals surface area (Å²) in [4.78, 5) is 6.96. The van der Waals surface area contributed by atoms with Crippen LogP contribution in [-0.4, -0.2) is 54.3 Å². The molecule has 0 heterocycles. The van der Waals surface area contributed by atoms with Crippen molar-refractivity contribution in [3.8, 4) is 0 Å². The third-order valence-electron chi connectivity index (χ3n) is 5.68. The Morgan fingerprint density at radius 2 is 1.68 bits per heavy atom.